The van der Waals surface area contributed by atoms with Crippen molar-refractivity contribution in [2.75, 3.05) is 43.5 Å². The molecule has 1 rings (SSSR count). The zero-order valence-electron chi connectivity index (χ0n) is 10.9. The van der Waals surface area contributed by atoms with Gasteiger partial charge in [0.05, 0.1) is 10.7 Å². The van der Waals surface area contributed by atoms with Gasteiger partial charge in [-0.15, -0.1) is 11.8 Å². The Morgan fingerprint density at radius 2 is 2.06 bits per heavy atom. The van der Waals surface area contributed by atoms with E-state index in [4.69, 9.17) is 5.73 Å². The lowest BCUT2D eigenvalue weighted by Crippen LogP contribution is -2.28. The van der Waals surface area contributed by atoms with Gasteiger partial charge in [0.2, 0.25) is 0 Å². The molecule has 1 heterocycles. The highest BCUT2D eigenvalue weighted by Crippen LogP contribution is 2.20. The summed E-state index contributed by atoms with van der Waals surface area (Å²) in [6.07, 6.45) is 2.01. The Kier molecular flexibility index (Phi) is 6.15. The number of likely N-dealkylation sites (N-methyl/N-ethyl adjacent to an activating group) is 1. The first-order valence-corrected chi connectivity index (χ1v) is 7.20. The molecule has 0 aliphatic heterocycles. The van der Waals surface area contributed by atoms with E-state index in [9.17, 15) is 0 Å². The molecule has 0 atom stereocenters. The normalized spacial score (nSPS) is 10.8. The Labute approximate surface area is 108 Å². The molecule has 0 unspecified atom stereocenters. The van der Waals surface area contributed by atoms with E-state index in [1.54, 1.807) is 11.8 Å². The molecule has 0 saturated heterocycles. The molecular weight excluding hydrogens is 232 g/mol. The van der Waals surface area contributed by atoms with Crippen LogP contribution in [0.25, 0.3) is 0 Å². The van der Waals surface area contributed by atoms with Crippen molar-refractivity contribution in [3.8, 4) is 0 Å². The van der Waals surface area contributed by atoms with Gasteiger partial charge in [0.25, 0.3) is 0 Å². The van der Waals surface area contributed by atoms with Gasteiger partial charge in [0, 0.05) is 13.1 Å². The van der Waals surface area contributed by atoms with Gasteiger partial charge in [0.1, 0.15) is 0 Å². The molecule has 0 bridgehead atoms. The molecule has 3 N–H and O–H groups in total. The van der Waals surface area contributed by atoms with Crippen LogP contribution in [-0.2, 0) is 0 Å². The molecule has 5 heteroatoms. The molecule has 0 aromatic carbocycles. The van der Waals surface area contributed by atoms with Crippen LogP contribution in [0.2, 0.25) is 0 Å². The number of nitrogen functional groups attached to an aromatic ring is 1. The van der Waals surface area contributed by atoms with Gasteiger partial charge in [-0.25, -0.2) is 4.98 Å². The predicted molar refractivity (Wildman–Crippen MR) is 76.7 cm³/mol. The van der Waals surface area contributed by atoms with Crippen LogP contribution >= 0.6 is 11.8 Å². The molecule has 1 aromatic heterocycles. The highest BCUT2D eigenvalue weighted by atomic mass is 32.2. The van der Waals surface area contributed by atoms with E-state index >= 15 is 0 Å². The third kappa shape index (κ3) is 4.44. The maximum absolute atomic E-state index is 5.88. The number of hydrogen-bond acceptors (Lipinski definition) is 5. The number of pyridine rings is 1. The van der Waals surface area contributed by atoms with Crippen molar-refractivity contribution in [2.24, 2.45) is 0 Å². The number of rotatable bonds is 7. The number of hydrogen-bond donors (Lipinski definition) is 2. The molecule has 0 fully saturated rings. The lowest BCUT2D eigenvalue weighted by molar-refractivity contribution is 0.316. The average molecular weight is 254 g/mol. The van der Waals surface area contributed by atoms with Gasteiger partial charge >= 0.3 is 0 Å². The smallest absolute Gasteiger partial charge is 0.150 e. The average Bonchev–Trinajstić information content (AvgIpc) is 2.36. The molecule has 0 saturated carbocycles. The first-order chi connectivity index (χ1) is 8.21. The zero-order chi connectivity index (χ0) is 12.7. The predicted octanol–water partition coefficient (Wildman–Crippen LogP) is 2.14. The molecule has 0 amide bonds. The zero-order valence-corrected chi connectivity index (χ0v) is 11.7. The van der Waals surface area contributed by atoms with Crippen LogP contribution in [0.15, 0.2) is 17.2 Å². The van der Waals surface area contributed by atoms with Crippen LogP contribution in [0.4, 0.5) is 11.5 Å². The number of nitrogens with zero attached hydrogens (tertiary/aromatic N) is 2. The van der Waals surface area contributed by atoms with Crippen LogP contribution < -0.4 is 11.1 Å². The molecular formula is C12H22N4S. The Morgan fingerprint density at radius 3 is 2.65 bits per heavy atom. The van der Waals surface area contributed by atoms with Crippen LogP contribution in [0, 0.1) is 0 Å². The highest BCUT2D eigenvalue weighted by molar-refractivity contribution is 7.98. The van der Waals surface area contributed by atoms with Crippen LogP contribution in [0.1, 0.15) is 13.8 Å². The summed E-state index contributed by atoms with van der Waals surface area (Å²) >= 11 is 1.62. The molecule has 96 valence electrons. The largest absolute Gasteiger partial charge is 0.396 e. The first kappa shape index (κ1) is 14.1. The maximum atomic E-state index is 5.88. The van der Waals surface area contributed by atoms with Crippen molar-refractivity contribution in [2.45, 2.75) is 18.9 Å². The second-order valence-corrected chi connectivity index (χ2v) is 4.57. The van der Waals surface area contributed by atoms with E-state index in [0.717, 1.165) is 37.0 Å². The monoisotopic (exact) mass is 254 g/mol. The number of thioether (sulfide) groups is 1. The molecule has 0 spiro atoms. The van der Waals surface area contributed by atoms with E-state index in [1.165, 1.54) is 0 Å². The minimum atomic E-state index is 0.711. The summed E-state index contributed by atoms with van der Waals surface area (Å²) in [4.78, 5) is 6.81. The van der Waals surface area contributed by atoms with Crippen molar-refractivity contribution in [3.63, 3.8) is 0 Å². The van der Waals surface area contributed by atoms with Crippen molar-refractivity contribution < 1.29 is 0 Å². The summed E-state index contributed by atoms with van der Waals surface area (Å²) in [7, 11) is 0. The summed E-state index contributed by atoms with van der Waals surface area (Å²) < 4.78 is 0. The van der Waals surface area contributed by atoms with Gasteiger partial charge in [-0.1, -0.05) is 13.8 Å². The van der Waals surface area contributed by atoms with Crippen molar-refractivity contribution in [1.82, 2.24) is 9.88 Å². The second kappa shape index (κ2) is 7.40. The Bertz CT molecular complexity index is 339. The fourth-order valence-corrected chi connectivity index (χ4v) is 1.97. The van der Waals surface area contributed by atoms with E-state index in [-0.39, 0.29) is 0 Å². The van der Waals surface area contributed by atoms with Gasteiger partial charge < -0.3 is 16.0 Å². The molecule has 0 radical (unpaired) electrons. The van der Waals surface area contributed by atoms with E-state index in [0.29, 0.717) is 5.69 Å². The summed E-state index contributed by atoms with van der Waals surface area (Å²) in [5.74, 6) is 0.795. The number of aromatic nitrogens is 1. The number of nitrogens with one attached hydrogen (secondary N) is 1. The Balaban J connectivity index is 2.50. The number of anilines is 2. The Hall–Kier alpha value is -0.940. The summed E-state index contributed by atoms with van der Waals surface area (Å²) in [6.45, 7) is 8.38. The van der Waals surface area contributed by atoms with Crippen LogP contribution in [-0.4, -0.2) is 42.3 Å². The lowest BCUT2D eigenvalue weighted by Gasteiger charge is -2.18. The minimum Gasteiger partial charge on any atom is -0.396 e. The molecule has 4 nitrogen and oxygen atoms in total. The molecule has 1 aromatic rings. The molecule has 0 aliphatic rings. The summed E-state index contributed by atoms with van der Waals surface area (Å²) in [5.41, 5.74) is 6.59. The topological polar surface area (TPSA) is 54.2 Å². The van der Waals surface area contributed by atoms with Gasteiger partial charge in [-0.3, -0.25) is 0 Å². The first-order valence-electron chi connectivity index (χ1n) is 5.98. The van der Waals surface area contributed by atoms with Gasteiger partial charge in [-0.2, -0.15) is 0 Å². The molecule has 0 aliphatic carbocycles. The Morgan fingerprint density at radius 1 is 1.35 bits per heavy atom. The van der Waals surface area contributed by atoms with E-state index in [1.807, 2.05) is 18.4 Å². The lowest BCUT2D eigenvalue weighted by atomic mass is 10.4. The van der Waals surface area contributed by atoms with E-state index in [2.05, 4.69) is 29.0 Å². The fraction of sp³-hybridized carbons (Fsp3) is 0.583. The van der Waals surface area contributed by atoms with Crippen LogP contribution in [0.3, 0.4) is 0 Å². The number of nitrogens with two attached hydrogens (primary N) is 1. The summed E-state index contributed by atoms with van der Waals surface area (Å²) in [5, 5.41) is 4.29. The fourth-order valence-electron chi connectivity index (χ4n) is 1.58. The second-order valence-electron chi connectivity index (χ2n) is 3.75. The van der Waals surface area contributed by atoms with Crippen molar-refractivity contribution in [1.29, 1.82) is 0 Å². The minimum absolute atomic E-state index is 0.711. The quantitative estimate of drug-likeness (QED) is 0.730. The van der Waals surface area contributed by atoms with E-state index < -0.39 is 0 Å². The maximum Gasteiger partial charge on any atom is 0.150 e. The third-order valence-corrected chi connectivity index (χ3v) is 3.37. The summed E-state index contributed by atoms with van der Waals surface area (Å²) in [6, 6.07) is 3.84. The highest BCUT2D eigenvalue weighted by Gasteiger charge is 2.03. The third-order valence-electron chi connectivity index (χ3n) is 2.72. The molecule has 17 heavy (non-hydrogen) atoms. The van der Waals surface area contributed by atoms with Gasteiger partial charge in [0.15, 0.2) is 5.82 Å². The van der Waals surface area contributed by atoms with Crippen molar-refractivity contribution in [3.05, 3.63) is 12.1 Å². The van der Waals surface area contributed by atoms with Crippen molar-refractivity contribution >= 4 is 23.3 Å². The van der Waals surface area contributed by atoms with Gasteiger partial charge in [-0.05, 0) is 31.5 Å². The SMILES string of the molecule is CCN(CC)CCNc1nc(SC)ccc1N. The van der Waals surface area contributed by atoms with Crippen LogP contribution in [0.5, 0.6) is 0 Å². The standard InChI is InChI=1S/C12H22N4S/c1-4-16(5-2)9-8-14-12-10(13)6-7-11(15-12)17-3/h6-7H,4-5,8-9,13H2,1-3H3,(H,14,15).